The minimum atomic E-state index is -0.802. The monoisotopic (exact) mass is 321 g/mol. The molecule has 2 atom stereocenters. The molecule has 6 nitrogen and oxygen atoms in total. The smallest absolute Gasteiger partial charge is 0.235 e. The second kappa shape index (κ2) is 5.98. The molecule has 1 aliphatic heterocycles. The van der Waals surface area contributed by atoms with Crippen molar-refractivity contribution in [2.45, 2.75) is 12.1 Å². The first-order valence-electron chi connectivity index (χ1n) is 6.87. The van der Waals surface area contributed by atoms with Crippen molar-refractivity contribution < 1.29 is 14.6 Å². The van der Waals surface area contributed by atoms with Gasteiger partial charge >= 0.3 is 0 Å². The third-order valence-corrected chi connectivity index (χ3v) is 3.86. The Labute approximate surface area is 132 Å². The van der Waals surface area contributed by atoms with Crippen molar-refractivity contribution in [1.82, 2.24) is 15.1 Å². The van der Waals surface area contributed by atoms with Gasteiger partial charge in [0.05, 0.1) is 12.2 Å². The Balaban J connectivity index is 1.93. The molecule has 0 spiro atoms. The average molecular weight is 322 g/mol. The van der Waals surface area contributed by atoms with E-state index in [2.05, 4.69) is 10.4 Å². The number of aryl methyl sites for hydroxylation is 1. The van der Waals surface area contributed by atoms with Gasteiger partial charge in [0.15, 0.2) is 0 Å². The molecule has 0 fully saturated rings. The normalized spacial score (nSPS) is 20.1. The molecule has 7 heteroatoms. The molecule has 1 amide bonds. The highest BCUT2D eigenvalue weighted by atomic mass is 35.5. The fourth-order valence-electron chi connectivity index (χ4n) is 2.53. The maximum Gasteiger partial charge on any atom is 0.235 e. The molecule has 2 N–H and O–H groups in total. The number of fused-ring (bicyclic) bond motifs is 1. The van der Waals surface area contributed by atoms with Crippen molar-refractivity contribution in [1.29, 1.82) is 0 Å². The molecule has 3 rings (SSSR count). The lowest BCUT2D eigenvalue weighted by Crippen LogP contribution is -2.42. The second-order valence-corrected chi connectivity index (χ2v) is 5.48. The highest BCUT2D eigenvalue weighted by Crippen LogP contribution is 2.35. The van der Waals surface area contributed by atoms with Crippen molar-refractivity contribution in [2.24, 2.45) is 7.05 Å². The summed E-state index contributed by atoms with van der Waals surface area (Å²) in [5.74, 6) is 0.175. The van der Waals surface area contributed by atoms with Gasteiger partial charge in [0.2, 0.25) is 5.91 Å². The SMILES string of the molecule is Cn1cc(-c2ccc3c(c2)OCC(O)C3NC(=O)CCl)cn1. The number of aliphatic hydroxyl groups excluding tert-OH is 1. The first-order chi connectivity index (χ1) is 10.6. The number of carbonyl (C=O) groups excluding carboxylic acids is 1. The summed E-state index contributed by atoms with van der Waals surface area (Å²) in [6, 6.07) is 5.13. The Morgan fingerprint density at radius 2 is 2.36 bits per heavy atom. The van der Waals surface area contributed by atoms with Gasteiger partial charge in [-0.25, -0.2) is 0 Å². The zero-order valence-electron chi connectivity index (χ0n) is 12.0. The van der Waals surface area contributed by atoms with Gasteiger partial charge in [-0.05, 0) is 11.6 Å². The Morgan fingerprint density at radius 3 is 3.05 bits per heavy atom. The summed E-state index contributed by atoms with van der Waals surface area (Å²) in [6.07, 6.45) is 2.88. The number of rotatable bonds is 3. The molecular weight excluding hydrogens is 306 g/mol. The van der Waals surface area contributed by atoms with Crippen molar-refractivity contribution >= 4 is 17.5 Å². The van der Waals surface area contributed by atoms with E-state index >= 15 is 0 Å². The number of nitrogens with one attached hydrogen (secondary N) is 1. The van der Waals surface area contributed by atoms with E-state index in [-0.39, 0.29) is 18.4 Å². The van der Waals surface area contributed by atoms with Crippen LogP contribution in [0.15, 0.2) is 30.6 Å². The number of nitrogens with zero attached hydrogens (tertiary/aromatic N) is 2. The first-order valence-corrected chi connectivity index (χ1v) is 7.41. The van der Waals surface area contributed by atoms with Gasteiger partial charge in [0.1, 0.15) is 24.3 Å². The molecule has 1 aromatic heterocycles. The van der Waals surface area contributed by atoms with E-state index in [1.165, 1.54) is 0 Å². The average Bonchev–Trinajstić information content (AvgIpc) is 2.96. The summed E-state index contributed by atoms with van der Waals surface area (Å²) >= 11 is 5.52. The maximum absolute atomic E-state index is 11.5. The molecule has 1 aromatic carbocycles. The fourth-order valence-corrected chi connectivity index (χ4v) is 2.61. The number of aromatic nitrogens is 2. The van der Waals surface area contributed by atoms with Crippen LogP contribution in [0.1, 0.15) is 11.6 Å². The lowest BCUT2D eigenvalue weighted by molar-refractivity contribution is -0.120. The minimum absolute atomic E-state index is 0.122. The van der Waals surface area contributed by atoms with Crippen molar-refractivity contribution in [2.75, 3.05) is 12.5 Å². The molecule has 116 valence electrons. The summed E-state index contributed by atoms with van der Waals surface area (Å²) in [7, 11) is 1.85. The molecule has 2 aromatic rings. The Kier molecular flexibility index (Phi) is 4.04. The largest absolute Gasteiger partial charge is 0.490 e. The first kappa shape index (κ1) is 14.9. The van der Waals surface area contributed by atoms with E-state index in [9.17, 15) is 9.90 Å². The van der Waals surface area contributed by atoms with Crippen molar-refractivity contribution in [3.8, 4) is 16.9 Å². The fraction of sp³-hybridized carbons (Fsp3) is 0.333. The van der Waals surface area contributed by atoms with Crippen molar-refractivity contribution in [3.63, 3.8) is 0 Å². The number of carbonyl (C=O) groups is 1. The summed E-state index contributed by atoms with van der Waals surface area (Å²) in [4.78, 5) is 11.5. The molecule has 0 saturated carbocycles. The van der Waals surface area contributed by atoms with Gasteiger partial charge in [0.25, 0.3) is 0 Å². The van der Waals surface area contributed by atoms with Crippen LogP contribution in [-0.2, 0) is 11.8 Å². The van der Waals surface area contributed by atoms with E-state index < -0.39 is 12.1 Å². The zero-order chi connectivity index (χ0) is 15.7. The quantitative estimate of drug-likeness (QED) is 0.834. The highest BCUT2D eigenvalue weighted by Gasteiger charge is 2.30. The Bertz CT molecular complexity index is 701. The maximum atomic E-state index is 11.5. The molecule has 0 aliphatic carbocycles. The lowest BCUT2D eigenvalue weighted by atomic mass is 9.95. The predicted molar refractivity (Wildman–Crippen MR) is 81.7 cm³/mol. The van der Waals surface area contributed by atoms with Crippen LogP contribution in [0.4, 0.5) is 0 Å². The van der Waals surface area contributed by atoms with E-state index in [0.29, 0.717) is 5.75 Å². The molecular formula is C15H16ClN3O3. The van der Waals surface area contributed by atoms with E-state index in [4.69, 9.17) is 16.3 Å². The second-order valence-electron chi connectivity index (χ2n) is 5.21. The van der Waals surface area contributed by atoms with Crippen molar-refractivity contribution in [3.05, 3.63) is 36.2 Å². The van der Waals surface area contributed by atoms with Gasteiger partial charge in [-0.2, -0.15) is 5.10 Å². The van der Waals surface area contributed by atoms with Crippen LogP contribution >= 0.6 is 11.6 Å². The summed E-state index contributed by atoms with van der Waals surface area (Å²) in [6.45, 7) is 0.122. The molecule has 22 heavy (non-hydrogen) atoms. The van der Waals surface area contributed by atoms with E-state index in [1.54, 1.807) is 10.9 Å². The van der Waals surface area contributed by atoms with Gasteiger partial charge in [0, 0.05) is 24.4 Å². The van der Waals surface area contributed by atoms with Crippen LogP contribution in [0.2, 0.25) is 0 Å². The topological polar surface area (TPSA) is 76.4 Å². The number of hydrogen-bond donors (Lipinski definition) is 2. The van der Waals surface area contributed by atoms with E-state index in [0.717, 1.165) is 16.7 Å². The standard InChI is InChI=1S/C15H16ClN3O3/c1-19-7-10(6-17-19)9-2-3-11-13(4-9)22-8-12(20)15(11)18-14(21)5-16/h2-4,6-7,12,15,20H,5,8H2,1H3,(H,18,21). The molecule has 1 aliphatic rings. The molecule has 0 radical (unpaired) electrons. The number of amides is 1. The van der Waals surface area contributed by atoms with Crippen LogP contribution in [-0.4, -0.2) is 39.4 Å². The number of ether oxygens (including phenoxy) is 1. The Hall–Kier alpha value is -2.05. The number of halogens is 1. The van der Waals surface area contributed by atoms with Crippen LogP contribution in [0.3, 0.4) is 0 Å². The number of hydrogen-bond acceptors (Lipinski definition) is 4. The Morgan fingerprint density at radius 1 is 1.55 bits per heavy atom. The summed E-state index contributed by atoms with van der Waals surface area (Å²) in [5, 5.41) is 16.9. The summed E-state index contributed by atoms with van der Waals surface area (Å²) in [5.41, 5.74) is 2.68. The number of aliphatic hydroxyl groups is 1. The van der Waals surface area contributed by atoms with E-state index in [1.807, 2.05) is 31.4 Å². The van der Waals surface area contributed by atoms with Crippen LogP contribution in [0, 0.1) is 0 Å². The number of benzene rings is 1. The molecule has 0 saturated heterocycles. The van der Waals surface area contributed by atoms with Gasteiger partial charge < -0.3 is 15.2 Å². The molecule has 2 unspecified atom stereocenters. The van der Waals surface area contributed by atoms with Crippen LogP contribution in [0.25, 0.3) is 11.1 Å². The van der Waals surface area contributed by atoms with Gasteiger partial charge in [-0.3, -0.25) is 9.48 Å². The van der Waals surface area contributed by atoms with Gasteiger partial charge in [-0.1, -0.05) is 12.1 Å². The minimum Gasteiger partial charge on any atom is -0.490 e. The predicted octanol–water partition coefficient (Wildman–Crippen LogP) is 1.24. The highest BCUT2D eigenvalue weighted by molar-refractivity contribution is 6.27. The third-order valence-electron chi connectivity index (χ3n) is 3.62. The molecule has 2 heterocycles. The summed E-state index contributed by atoms with van der Waals surface area (Å²) < 4.78 is 7.31. The molecule has 0 bridgehead atoms. The third kappa shape index (κ3) is 2.80. The zero-order valence-corrected chi connectivity index (χ0v) is 12.7. The number of alkyl halides is 1. The van der Waals surface area contributed by atoms with Crippen LogP contribution in [0.5, 0.6) is 5.75 Å². The van der Waals surface area contributed by atoms with Crippen LogP contribution < -0.4 is 10.1 Å². The lowest BCUT2D eigenvalue weighted by Gasteiger charge is -2.31. The van der Waals surface area contributed by atoms with Gasteiger partial charge in [-0.15, -0.1) is 11.6 Å².